The van der Waals surface area contributed by atoms with Crippen molar-refractivity contribution in [3.05, 3.63) is 106 Å². The number of aromatic nitrogens is 5. The summed E-state index contributed by atoms with van der Waals surface area (Å²) in [7, 11) is 0. The van der Waals surface area contributed by atoms with Gasteiger partial charge in [-0.15, -0.1) is 5.10 Å². The molecule has 10 heteroatoms. The number of halogens is 1. The van der Waals surface area contributed by atoms with Crippen LogP contribution in [0.2, 0.25) is 0 Å². The van der Waals surface area contributed by atoms with Gasteiger partial charge in [0, 0.05) is 23.0 Å². The fourth-order valence-corrected chi connectivity index (χ4v) is 4.77. The highest BCUT2D eigenvalue weighted by molar-refractivity contribution is 5.80. The molecule has 0 unspecified atom stereocenters. The molecule has 9 nitrogen and oxygen atoms in total. The first-order valence-electron chi connectivity index (χ1n) is 13.4. The highest BCUT2D eigenvalue weighted by Crippen LogP contribution is 2.33. The lowest BCUT2D eigenvalue weighted by Gasteiger charge is -2.33. The summed E-state index contributed by atoms with van der Waals surface area (Å²) < 4.78 is 27.0. The van der Waals surface area contributed by atoms with Crippen LogP contribution in [0.4, 0.5) is 4.39 Å². The van der Waals surface area contributed by atoms with E-state index in [0.29, 0.717) is 48.1 Å². The summed E-state index contributed by atoms with van der Waals surface area (Å²) in [6, 6.07) is 16.8. The molecule has 3 aromatic heterocycles. The summed E-state index contributed by atoms with van der Waals surface area (Å²) in [5.41, 5.74) is 1.35. The van der Waals surface area contributed by atoms with Crippen molar-refractivity contribution < 1.29 is 13.5 Å². The summed E-state index contributed by atoms with van der Waals surface area (Å²) in [6.45, 7) is 9.36. The number of nitrogens with zero attached hydrogens (tertiary/aromatic N) is 5. The third kappa shape index (κ3) is 5.67. The molecule has 3 heterocycles. The molecule has 0 spiro atoms. The van der Waals surface area contributed by atoms with E-state index >= 15 is 0 Å². The molecule has 1 atom stereocenters. The lowest BCUT2D eigenvalue weighted by Crippen LogP contribution is -2.38. The van der Waals surface area contributed by atoms with Gasteiger partial charge in [0.05, 0.1) is 25.0 Å². The van der Waals surface area contributed by atoms with Crippen molar-refractivity contribution in [1.29, 1.82) is 0 Å². The average Bonchev–Trinajstić information content (AvgIpc) is 3.64. The molecule has 0 radical (unpaired) electrons. The molecule has 0 fully saturated rings. The van der Waals surface area contributed by atoms with Gasteiger partial charge in [-0.1, -0.05) is 19.1 Å². The summed E-state index contributed by atoms with van der Waals surface area (Å²) in [4.78, 5) is 18.9. The molecule has 1 N–H and O–H groups in total. The van der Waals surface area contributed by atoms with Gasteiger partial charge in [0.2, 0.25) is 0 Å². The Balaban J connectivity index is 1.72. The molecule has 2 aromatic carbocycles. The summed E-state index contributed by atoms with van der Waals surface area (Å²) >= 11 is 0. The van der Waals surface area contributed by atoms with Crippen LogP contribution in [0, 0.1) is 5.82 Å². The van der Waals surface area contributed by atoms with Crippen molar-refractivity contribution in [2.75, 3.05) is 6.61 Å². The number of fused-ring (bicyclic) bond motifs is 1. The molecule has 5 aromatic rings. The number of rotatable bonds is 11. The van der Waals surface area contributed by atoms with Crippen LogP contribution in [0.5, 0.6) is 5.75 Å². The maximum atomic E-state index is 13.8. The SMILES string of the molecule is CCOc1ccc2[nH]c(=O)c([C@H](c3nnnn3C(C)(C)CC)N(Cc3ccc(F)cc3)Cc3ccco3)cc2c1. The summed E-state index contributed by atoms with van der Waals surface area (Å²) in [6.07, 6.45) is 2.38. The topological polar surface area (TPSA) is 102 Å². The van der Waals surface area contributed by atoms with Crippen LogP contribution in [0.1, 0.15) is 62.9 Å². The number of pyridine rings is 1. The van der Waals surface area contributed by atoms with Crippen LogP contribution in [0.25, 0.3) is 10.9 Å². The summed E-state index contributed by atoms with van der Waals surface area (Å²) in [5.74, 6) is 1.62. The van der Waals surface area contributed by atoms with E-state index in [0.717, 1.165) is 17.4 Å². The highest BCUT2D eigenvalue weighted by Gasteiger charge is 2.35. The molecular formula is C30H33FN6O3. The Hall–Kier alpha value is -4.31. The zero-order valence-electron chi connectivity index (χ0n) is 23.1. The quantitative estimate of drug-likeness (QED) is 0.232. The Bertz CT molecular complexity index is 1630. The lowest BCUT2D eigenvalue weighted by molar-refractivity contribution is 0.168. The second-order valence-electron chi connectivity index (χ2n) is 10.4. The minimum Gasteiger partial charge on any atom is -0.494 e. The maximum absolute atomic E-state index is 13.8. The van der Waals surface area contributed by atoms with Crippen LogP contribution in [0.15, 0.2) is 76.1 Å². The largest absolute Gasteiger partial charge is 0.494 e. The molecule has 0 saturated carbocycles. The Morgan fingerprint density at radius 2 is 1.90 bits per heavy atom. The molecular weight excluding hydrogens is 511 g/mol. The normalized spacial score (nSPS) is 12.8. The van der Waals surface area contributed by atoms with Gasteiger partial charge in [0.1, 0.15) is 23.4 Å². The predicted octanol–water partition coefficient (Wildman–Crippen LogP) is 5.58. The van der Waals surface area contributed by atoms with E-state index in [1.54, 1.807) is 23.1 Å². The minimum atomic E-state index is -0.667. The first-order valence-corrected chi connectivity index (χ1v) is 13.4. The molecule has 0 aliphatic carbocycles. The predicted molar refractivity (Wildman–Crippen MR) is 149 cm³/mol. The van der Waals surface area contributed by atoms with Gasteiger partial charge >= 0.3 is 0 Å². The van der Waals surface area contributed by atoms with Crippen molar-refractivity contribution in [2.45, 2.75) is 58.8 Å². The number of furan rings is 1. The molecule has 0 amide bonds. The second-order valence-corrected chi connectivity index (χ2v) is 10.4. The van der Waals surface area contributed by atoms with Crippen LogP contribution >= 0.6 is 0 Å². The van der Waals surface area contributed by atoms with Gasteiger partial charge in [-0.2, -0.15) is 0 Å². The van der Waals surface area contributed by atoms with Gasteiger partial charge in [-0.05, 0) is 91.7 Å². The van der Waals surface area contributed by atoms with Crippen LogP contribution in [-0.2, 0) is 18.6 Å². The van der Waals surface area contributed by atoms with Gasteiger partial charge < -0.3 is 14.1 Å². The zero-order chi connectivity index (χ0) is 28.3. The molecule has 0 aliphatic heterocycles. The molecule has 0 aliphatic rings. The van der Waals surface area contributed by atoms with Crippen molar-refractivity contribution in [2.24, 2.45) is 0 Å². The maximum Gasteiger partial charge on any atom is 0.253 e. The van der Waals surface area contributed by atoms with Crippen molar-refractivity contribution in [3.8, 4) is 5.75 Å². The smallest absolute Gasteiger partial charge is 0.253 e. The third-order valence-electron chi connectivity index (χ3n) is 7.23. The van der Waals surface area contributed by atoms with Crippen molar-refractivity contribution in [1.82, 2.24) is 30.1 Å². The van der Waals surface area contributed by atoms with Crippen LogP contribution < -0.4 is 10.3 Å². The Kier molecular flexibility index (Phi) is 7.79. The number of nitrogens with one attached hydrogen (secondary N) is 1. The number of hydrogen-bond acceptors (Lipinski definition) is 7. The fourth-order valence-electron chi connectivity index (χ4n) is 4.77. The van der Waals surface area contributed by atoms with E-state index in [-0.39, 0.29) is 11.4 Å². The summed E-state index contributed by atoms with van der Waals surface area (Å²) in [5, 5.41) is 13.7. The first kappa shape index (κ1) is 27.3. The van der Waals surface area contributed by atoms with Gasteiger partial charge in [0.15, 0.2) is 5.82 Å². The van der Waals surface area contributed by atoms with E-state index in [9.17, 15) is 9.18 Å². The standard InChI is InChI=1S/C30H33FN6O3/c1-5-30(3,4)37-28(33-34-35-37)27(25-17-21-16-23(39-6-2)13-14-26(21)32-29(25)38)36(19-24-8-7-15-40-24)18-20-9-11-22(31)12-10-20/h7-17,27H,5-6,18-19H2,1-4H3,(H,32,38)/t27-/m1/s1. The minimum absolute atomic E-state index is 0.255. The zero-order valence-corrected chi connectivity index (χ0v) is 23.1. The lowest BCUT2D eigenvalue weighted by atomic mass is 9.98. The Morgan fingerprint density at radius 1 is 1.10 bits per heavy atom. The molecule has 0 saturated heterocycles. The van der Waals surface area contributed by atoms with Crippen molar-refractivity contribution >= 4 is 10.9 Å². The average molecular weight is 545 g/mol. The molecule has 40 heavy (non-hydrogen) atoms. The van der Waals surface area contributed by atoms with E-state index in [1.807, 2.05) is 43.3 Å². The van der Waals surface area contributed by atoms with Gasteiger partial charge in [-0.25, -0.2) is 9.07 Å². The third-order valence-corrected chi connectivity index (χ3v) is 7.23. The van der Waals surface area contributed by atoms with E-state index in [1.165, 1.54) is 12.1 Å². The monoisotopic (exact) mass is 544 g/mol. The fraction of sp³-hybridized carbons (Fsp3) is 0.333. The first-order chi connectivity index (χ1) is 19.3. The number of benzene rings is 2. The molecule has 208 valence electrons. The van der Waals surface area contributed by atoms with E-state index in [2.05, 4.69) is 46.2 Å². The number of aromatic amines is 1. The Morgan fingerprint density at radius 3 is 2.60 bits per heavy atom. The molecule has 5 rings (SSSR count). The number of tetrazole rings is 1. The van der Waals surface area contributed by atoms with Gasteiger partial charge in [0.25, 0.3) is 5.56 Å². The van der Waals surface area contributed by atoms with Crippen molar-refractivity contribution in [3.63, 3.8) is 0 Å². The van der Waals surface area contributed by atoms with Crippen LogP contribution in [0.3, 0.4) is 0 Å². The number of hydrogen-bond donors (Lipinski definition) is 1. The molecule has 0 bridgehead atoms. The second kappa shape index (κ2) is 11.4. The van der Waals surface area contributed by atoms with E-state index in [4.69, 9.17) is 9.15 Å². The number of ether oxygens (including phenoxy) is 1. The Labute approximate surface area is 231 Å². The number of H-pyrrole nitrogens is 1. The van der Waals surface area contributed by atoms with E-state index < -0.39 is 11.6 Å². The highest BCUT2D eigenvalue weighted by atomic mass is 19.1. The van der Waals surface area contributed by atoms with Gasteiger partial charge in [-0.3, -0.25) is 9.69 Å². The van der Waals surface area contributed by atoms with Crippen LogP contribution in [-0.4, -0.2) is 36.7 Å².